The number of hydrogen-bond acceptors (Lipinski definition) is 3. The smallest absolute Gasteiger partial charge is 0.261 e. The summed E-state index contributed by atoms with van der Waals surface area (Å²) < 4.78 is 6.71. The Hall–Kier alpha value is -2.34. The van der Waals surface area contributed by atoms with Crippen molar-refractivity contribution in [3.8, 4) is 5.75 Å². The summed E-state index contributed by atoms with van der Waals surface area (Å²) in [4.78, 5) is 27.2. The van der Waals surface area contributed by atoms with Gasteiger partial charge in [-0.05, 0) is 61.6 Å². The quantitative estimate of drug-likeness (QED) is 0.564. The lowest BCUT2D eigenvalue weighted by Gasteiger charge is -2.29. The first kappa shape index (κ1) is 24.9. The summed E-state index contributed by atoms with van der Waals surface area (Å²) in [5, 5.41) is 2.89. The zero-order valence-electron chi connectivity index (χ0n) is 19.2. The van der Waals surface area contributed by atoms with Gasteiger partial charge in [0.2, 0.25) is 5.91 Å². The normalized spacial score (nSPS) is 12.4. The molecule has 0 radical (unpaired) electrons. The monoisotopic (exact) mass is 488 g/mol. The first-order chi connectivity index (χ1) is 14.5. The van der Waals surface area contributed by atoms with Crippen molar-refractivity contribution < 1.29 is 14.3 Å². The molecule has 1 atom stereocenters. The molecule has 0 aliphatic heterocycles. The van der Waals surface area contributed by atoms with E-state index in [1.807, 2.05) is 62.4 Å². The number of amides is 2. The molecule has 0 aromatic heterocycles. The fourth-order valence-electron chi connectivity index (χ4n) is 3.05. The summed E-state index contributed by atoms with van der Waals surface area (Å²) in [6.45, 7) is 12.2. The van der Waals surface area contributed by atoms with E-state index in [4.69, 9.17) is 4.74 Å². The van der Waals surface area contributed by atoms with E-state index in [1.54, 1.807) is 11.8 Å². The zero-order valence-corrected chi connectivity index (χ0v) is 20.8. The van der Waals surface area contributed by atoms with Crippen LogP contribution in [0.15, 0.2) is 53.0 Å². The Bertz CT molecular complexity index is 871. The van der Waals surface area contributed by atoms with Gasteiger partial charge in [0.15, 0.2) is 6.61 Å². The van der Waals surface area contributed by atoms with Gasteiger partial charge in [-0.3, -0.25) is 9.59 Å². The molecule has 6 heteroatoms. The van der Waals surface area contributed by atoms with Gasteiger partial charge in [0.25, 0.3) is 5.91 Å². The van der Waals surface area contributed by atoms with Crippen molar-refractivity contribution in [3.05, 3.63) is 64.1 Å². The molecular weight excluding hydrogens is 456 g/mol. The average molecular weight is 489 g/mol. The second-order valence-electron chi connectivity index (χ2n) is 9.05. The van der Waals surface area contributed by atoms with Gasteiger partial charge in [0.05, 0.1) is 0 Å². The van der Waals surface area contributed by atoms with Crippen LogP contribution >= 0.6 is 15.9 Å². The average Bonchev–Trinajstić information content (AvgIpc) is 2.70. The Morgan fingerprint density at radius 1 is 1.00 bits per heavy atom. The Labute approximate surface area is 194 Å². The molecular formula is C25H33BrN2O3. The molecule has 31 heavy (non-hydrogen) atoms. The van der Waals surface area contributed by atoms with Crippen LogP contribution in [0.1, 0.15) is 52.7 Å². The fourth-order valence-corrected chi connectivity index (χ4v) is 3.32. The number of halogens is 1. The van der Waals surface area contributed by atoms with Crippen LogP contribution in [-0.4, -0.2) is 35.4 Å². The molecule has 0 aliphatic carbocycles. The van der Waals surface area contributed by atoms with Crippen LogP contribution in [0.25, 0.3) is 0 Å². The highest BCUT2D eigenvalue weighted by Gasteiger charge is 2.27. The van der Waals surface area contributed by atoms with Crippen LogP contribution in [0.2, 0.25) is 0 Å². The van der Waals surface area contributed by atoms with E-state index in [0.29, 0.717) is 12.3 Å². The minimum Gasteiger partial charge on any atom is -0.484 e. The lowest BCUT2D eigenvalue weighted by atomic mass is 9.87. The second kappa shape index (κ2) is 10.8. The lowest BCUT2D eigenvalue weighted by Crippen LogP contribution is -2.50. The Balaban J connectivity index is 2.12. The van der Waals surface area contributed by atoms with Crippen molar-refractivity contribution in [1.82, 2.24) is 10.2 Å². The topological polar surface area (TPSA) is 58.6 Å². The van der Waals surface area contributed by atoms with Crippen LogP contribution in [0.3, 0.4) is 0 Å². The van der Waals surface area contributed by atoms with Crippen molar-refractivity contribution in [2.24, 2.45) is 0 Å². The van der Waals surface area contributed by atoms with Crippen molar-refractivity contribution in [2.45, 2.75) is 65.6 Å². The first-order valence-corrected chi connectivity index (χ1v) is 11.3. The number of carbonyl (C=O) groups is 2. The maximum atomic E-state index is 13.1. The van der Waals surface area contributed by atoms with E-state index in [9.17, 15) is 9.59 Å². The Kier molecular flexibility index (Phi) is 8.69. The molecule has 2 amide bonds. The largest absolute Gasteiger partial charge is 0.484 e. The van der Waals surface area contributed by atoms with Gasteiger partial charge in [-0.25, -0.2) is 0 Å². The highest BCUT2D eigenvalue weighted by atomic mass is 79.9. The van der Waals surface area contributed by atoms with Crippen LogP contribution in [-0.2, 0) is 21.5 Å². The molecule has 168 valence electrons. The summed E-state index contributed by atoms with van der Waals surface area (Å²) >= 11 is 3.42. The predicted molar refractivity (Wildman–Crippen MR) is 128 cm³/mol. The Morgan fingerprint density at radius 2 is 1.58 bits per heavy atom. The van der Waals surface area contributed by atoms with Gasteiger partial charge < -0.3 is 15.0 Å². The third-order valence-electron chi connectivity index (χ3n) is 4.95. The van der Waals surface area contributed by atoms with E-state index in [2.05, 4.69) is 42.0 Å². The predicted octanol–water partition coefficient (Wildman–Crippen LogP) is 5.07. The summed E-state index contributed by atoms with van der Waals surface area (Å²) in [6.07, 6.45) is 0. The van der Waals surface area contributed by atoms with E-state index in [1.165, 1.54) is 5.56 Å². The number of nitrogens with one attached hydrogen (secondary N) is 1. The van der Waals surface area contributed by atoms with Crippen LogP contribution in [0.5, 0.6) is 5.75 Å². The van der Waals surface area contributed by atoms with E-state index in [0.717, 1.165) is 10.0 Å². The van der Waals surface area contributed by atoms with Gasteiger partial charge in [-0.2, -0.15) is 0 Å². The van der Waals surface area contributed by atoms with Crippen molar-refractivity contribution in [2.75, 3.05) is 6.61 Å². The lowest BCUT2D eigenvalue weighted by molar-refractivity contribution is -0.142. The van der Waals surface area contributed by atoms with Crippen LogP contribution < -0.4 is 10.1 Å². The summed E-state index contributed by atoms with van der Waals surface area (Å²) in [6, 6.07) is 14.9. The summed E-state index contributed by atoms with van der Waals surface area (Å²) in [5.74, 6) is 0.202. The third kappa shape index (κ3) is 7.69. The SMILES string of the molecule is CC(C)NC(=O)[C@@H](C)N(Cc1ccc(Br)cc1)C(=O)COc1ccc(C(C)(C)C)cc1. The minimum atomic E-state index is -0.620. The molecule has 0 spiro atoms. The molecule has 0 bridgehead atoms. The number of rotatable bonds is 8. The number of ether oxygens (including phenoxy) is 1. The molecule has 0 saturated heterocycles. The molecule has 2 rings (SSSR count). The summed E-state index contributed by atoms with van der Waals surface area (Å²) in [7, 11) is 0. The van der Waals surface area contributed by atoms with Crippen molar-refractivity contribution >= 4 is 27.7 Å². The molecule has 5 nitrogen and oxygen atoms in total. The zero-order chi connectivity index (χ0) is 23.2. The molecule has 0 aliphatic rings. The molecule has 2 aromatic rings. The number of carbonyl (C=O) groups excluding carboxylic acids is 2. The molecule has 0 saturated carbocycles. The van der Waals surface area contributed by atoms with Gasteiger partial charge in [0, 0.05) is 17.1 Å². The van der Waals surface area contributed by atoms with Crippen molar-refractivity contribution in [3.63, 3.8) is 0 Å². The number of hydrogen-bond donors (Lipinski definition) is 1. The maximum Gasteiger partial charge on any atom is 0.261 e. The highest BCUT2D eigenvalue weighted by Crippen LogP contribution is 2.24. The minimum absolute atomic E-state index is 0.00263. The number of nitrogens with zero attached hydrogens (tertiary/aromatic N) is 1. The molecule has 2 aromatic carbocycles. The fraction of sp³-hybridized carbons (Fsp3) is 0.440. The van der Waals surface area contributed by atoms with Gasteiger partial charge >= 0.3 is 0 Å². The van der Waals surface area contributed by atoms with Crippen LogP contribution in [0, 0.1) is 0 Å². The molecule has 0 heterocycles. The maximum absolute atomic E-state index is 13.1. The van der Waals surface area contributed by atoms with E-state index >= 15 is 0 Å². The summed E-state index contributed by atoms with van der Waals surface area (Å²) in [5.41, 5.74) is 2.19. The second-order valence-corrected chi connectivity index (χ2v) is 9.97. The van der Waals surface area contributed by atoms with Gasteiger partial charge in [-0.1, -0.05) is 61.0 Å². The van der Waals surface area contributed by atoms with E-state index in [-0.39, 0.29) is 29.9 Å². The Morgan fingerprint density at radius 3 is 2.10 bits per heavy atom. The van der Waals surface area contributed by atoms with E-state index < -0.39 is 6.04 Å². The third-order valence-corrected chi connectivity index (χ3v) is 5.48. The first-order valence-electron chi connectivity index (χ1n) is 10.5. The molecule has 0 unspecified atom stereocenters. The molecule has 1 N–H and O–H groups in total. The standard InChI is InChI=1S/C25H33BrN2O3/c1-17(2)27-24(30)18(3)28(15-19-7-11-21(26)12-8-19)23(29)16-31-22-13-9-20(10-14-22)25(4,5)6/h7-14,17-18H,15-16H2,1-6H3,(H,27,30)/t18-/m1/s1. The van der Waals surface area contributed by atoms with Crippen molar-refractivity contribution in [1.29, 1.82) is 0 Å². The molecule has 0 fully saturated rings. The van der Waals surface area contributed by atoms with Crippen LogP contribution in [0.4, 0.5) is 0 Å². The highest BCUT2D eigenvalue weighted by molar-refractivity contribution is 9.10. The van der Waals surface area contributed by atoms with Gasteiger partial charge in [0.1, 0.15) is 11.8 Å². The number of benzene rings is 2. The van der Waals surface area contributed by atoms with Gasteiger partial charge in [-0.15, -0.1) is 0 Å².